The van der Waals surface area contributed by atoms with Crippen molar-refractivity contribution in [3.63, 3.8) is 0 Å². The third-order valence-electron chi connectivity index (χ3n) is 1.32. The van der Waals surface area contributed by atoms with Gasteiger partial charge in [0, 0.05) is 5.56 Å². The molecule has 2 radical (unpaired) electrons. The normalized spacial score (nSPS) is 9.30. The maximum atomic E-state index is 9.14. The first-order valence-corrected chi connectivity index (χ1v) is 2.95. The van der Waals surface area contributed by atoms with Crippen LogP contribution in [0.5, 0.6) is 5.75 Å². The lowest BCUT2D eigenvalue weighted by Crippen LogP contribution is -1.78. The van der Waals surface area contributed by atoms with Gasteiger partial charge in [0.1, 0.15) is 5.75 Å². The Bertz CT molecular complexity index is 231. The molecule has 1 aromatic rings. The number of rotatable bonds is 1. The van der Waals surface area contributed by atoms with Crippen molar-refractivity contribution in [3.8, 4) is 5.75 Å². The van der Waals surface area contributed by atoms with E-state index >= 15 is 0 Å². The molecular weight excluding hydrogens is 124 g/mol. The van der Waals surface area contributed by atoms with Crippen LogP contribution in [0.3, 0.4) is 0 Å². The highest BCUT2D eigenvalue weighted by Crippen LogP contribution is 2.20. The molecular formula is C9H8O. The highest BCUT2D eigenvalue weighted by atomic mass is 16.3. The van der Waals surface area contributed by atoms with Gasteiger partial charge in [0.15, 0.2) is 0 Å². The molecule has 0 atom stereocenters. The summed E-state index contributed by atoms with van der Waals surface area (Å²) in [7, 11) is 0. The van der Waals surface area contributed by atoms with Crippen LogP contribution in [0.15, 0.2) is 24.8 Å². The topological polar surface area (TPSA) is 20.2 Å². The molecule has 0 spiro atoms. The number of phenolic OH excluding ortho intramolecular Hbond substituents is 1. The van der Waals surface area contributed by atoms with E-state index in [4.69, 9.17) is 12.0 Å². The Morgan fingerprint density at radius 2 is 2.20 bits per heavy atom. The highest BCUT2D eigenvalue weighted by Gasteiger charge is 1.97. The predicted octanol–water partition coefficient (Wildman–Crippen LogP) is 2.09. The molecule has 0 saturated carbocycles. The zero-order chi connectivity index (χ0) is 7.56. The molecule has 0 bridgehead atoms. The van der Waals surface area contributed by atoms with E-state index in [0.29, 0.717) is 11.1 Å². The summed E-state index contributed by atoms with van der Waals surface area (Å²) in [4.78, 5) is 0. The van der Waals surface area contributed by atoms with Gasteiger partial charge in [0.2, 0.25) is 0 Å². The van der Waals surface area contributed by atoms with E-state index in [0.717, 1.165) is 0 Å². The molecule has 0 unspecified atom stereocenters. The molecule has 0 aliphatic heterocycles. The minimum atomic E-state index is 0.176. The molecule has 1 heteroatoms. The van der Waals surface area contributed by atoms with E-state index in [1.54, 1.807) is 18.2 Å². The largest absolute Gasteiger partial charge is 0.507 e. The van der Waals surface area contributed by atoms with Gasteiger partial charge < -0.3 is 5.11 Å². The minimum absolute atomic E-state index is 0.176. The average Bonchev–Trinajstić information content (AvgIpc) is 1.88. The molecule has 1 aromatic carbocycles. The first kappa shape index (κ1) is 6.87. The summed E-state index contributed by atoms with van der Waals surface area (Å²) in [5.41, 5.74) is 1.15. The summed E-state index contributed by atoms with van der Waals surface area (Å²) in [6.07, 6.45) is 1.53. The lowest BCUT2D eigenvalue weighted by Gasteiger charge is -2.00. The highest BCUT2D eigenvalue weighted by molar-refractivity contribution is 5.60. The lowest BCUT2D eigenvalue weighted by molar-refractivity contribution is 0.474. The fraction of sp³-hybridized carbons (Fsp3) is 0. The Morgan fingerprint density at radius 1 is 1.50 bits per heavy atom. The third-order valence-corrected chi connectivity index (χ3v) is 1.32. The van der Waals surface area contributed by atoms with Crippen molar-refractivity contribution in [3.05, 3.63) is 42.8 Å². The fourth-order valence-corrected chi connectivity index (χ4v) is 0.793. The summed E-state index contributed by atoms with van der Waals surface area (Å²) in [5.74, 6) is 0.176. The van der Waals surface area contributed by atoms with Crippen LogP contribution in [0.1, 0.15) is 11.1 Å². The van der Waals surface area contributed by atoms with Crippen LogP contribution in [0.2, 0.25) is 0 Å². The third kappa shape index (κ3) is 1.03. The summed E-state index contributed by atoms with van der Waals surface area (Å²) in [5, 5.41) is 9.14. The van der Waals surface area contributed by atoms with Crippen LogP contribution < -0.4 is 0 Å². The zero-order valence-electron chi connectivity index (χ0n) is 5.54. The number of aromatic hydroxyl groups is 1. The Kier molecular flexibility index (Phi) is 1.76. The molecule has 50 valence electrons. The zero-order valence-corrected chi connectivity index (χ0v) is 5.54. The monoisotopic (exact) mass is 132 g/mol. The van der Waals surface area contributed by atoms with E-state index in [9.17, 15) is 0 Å². The summed E-state index contributed by atoms with van der Waals surface area (Å²) in [6.45, 7) is 9.01. The van der Waals surface area contributed by atoms with Gasteiger partial charge in [-0.25, -0.2) is 0 Å². The maximum Gasteiger partial charge on any atom is 0.123 e. The van der Waals surface area contributed by atoms with Gasteiger partial charge in [-0.1, -0.05) is 24.8 Å². The van der Waals surface area contributed by atoms with Gasteiger partial charge in [-0.15, -0.1) is 0 Å². The number of phenols is 1. The second-order valence-corrected chi connectivity index (χ2v) is 1.98. The van der Waals surface area contributed by atoms with Crippen molar-refractivity contribution in [1.82, 2.24) is 0 Å². The van der Waals surface area contributed by atoms with E-state index < -0.39 is 0 Å². The average molecular weight is 132 g/mol. The Balaban J connectivity index is 3.30. The van der Waals surface area contributed by atoms with Crippen LogP contribution in [0.25, 0.3) is 6.08 Å². The fourth-order valence-electron chi connectivity index (χ4n) is 0.793. The van der Waals surface area contributed by atoms with E-state index in [1.807, 2.05) is 0 Å². The van der Waals surface area contributed by atoms with Crippen molar-refractivity contribution >= 4 is 6.08 Å². The molecule has 1 N–H and O–H groups in total. The van der Waals surface area contributed by atoms with Gasteiger partial charge in [-0.3, -0.25) is 0 Å². The molecule has 0 aliphatic rings. The molecule has 10 heavy (non-hydrogen) atoms. The van der Waals surface area contributed by atoms with Crippen molar-refractivity contribution < 1.29 is 5.11 Å². The van der Waals surface area contributed by atoms with Crippen molar-refractivity contribution in [1.29, 1.82) is 0 Å². The molecule has 0 amide bonds. The van der Waals surface area contributed by atoms with Gasteiger partial charge >= 0.3 is 0 Å². The predicted molar refractivity (Wildman–Crippen MR) is 41.6 cm³/mol. The minimum Gasteiger partial charge on any atom is -0.507 e. The Morgan fingerprint density at radius 3 is 2.60 bits per heavy atom. The maximum absolute atomic E-state index is 9.14. The second kappa shape index (κ2) is 2.56. The summed E-state index contributed by atoms with van der Waals surface area (Å²) < 4.78 is 0. The molecule has 0 aromatic heterocycles. The van der Waals surface area contributed by atoms with Crippen LogP contribution in [-0.4, -0.2) is 5.11 Å². The Labute approximate surface area is 60.6 Å². The lowest BCUT2D eigenvalue weighted by atomic mass is 10.1. The van der Waals surface area contributed by atoms with Crippen LogP contribution >= 0.6 is 0 Å². The molecule has 1 nitrogen and oxygen atoms in total. The first-order valence-electron chi connectivity index (χ1n) is 2.95. The number of hydrogen-bond donors (Lipinski definition) is 1. The second-order valence-electron chi connectivity index (χ2n) is 1.98. The Hall–Kier alpha value is -1.24. The summed E-state index contributed by atoms with van der Waals surface area (Å²) in [6, 6.07) is 4.99. The quantitative estimate of drug-likeness (QED) is 0.620. The van der Waals surface area contributed by atoms with E-state index in [-0.39, 0.29) is 5.75 Å². The van der Waals surface area contributed by atoms with Crippen LogP contribution in [-0.2, 0) is 0 Å². The van der Waals surface area contributed by atoms with Crippen LogP contribution in [0, 0.1) is 6.92 Å². The van der Waals surface area contributed by atoms with E-state index in [1.165, 1.54) is 6.08 Å². The summed E-state index contributed by atoms with van der Waals surface area (Å²) >= 11 is 0. The van der Waals surface area contributed by atoms with Crippen LogP contribution in [0.4, 0.5) is 0 Å². The molecule has 1 rings (SSSR count). The van der Waals surface area contributed by atoms with Gasteiger partial charge in [-0.05, 0) is 18.6 Å². The van der Waals surface area contributed by atoms with Gasteiger partial charge in [0.05, 0.1) is 0 Å². The standard InChI is InChI=1S/C9H8O/c1-3-8-7(2)5-4-6-9(8)10/h2-6,10H,1H2. The SMILES string of the molecule is [CH]c1cccc(O)c1C=C. The van der Waals surface area contributed by atoms with E-state index in [2.05, 4.69) is 6.58 Å². The molecule has 0 fully saturated rings. The van der Waals surface area contributed by atoms with Crippen molar-refractivity contribution in [2.24, 2.45) is 0 Å². The van der Waals surface area contributed by atoms with Crippen molar-refractivity contribution in [2.75, 3.05) is 0 Å². The molecule has 0 heterocycles. The first-order chi connectivity index (χ1) is 4.75. The van der Waals surface area contributed by atoms with Gasteiger partial charge in [-0.2, -0.15) is 0 Å². The molecule has 0 saturated heterocycles. The molecule has 0 aliphatic carbocycles. The van der Waals surface area contributed by atoms with Crippen molar-refractivity contribution in [2.45, 2.75) is 0 Å². The number of hydrogen-bond acceptors (Lipinski definition) is 1. The smallest absolute Gasteiger partial charge is 0.123 e. The number of benzene rings is 1. The van der Waals surface area contributed by atoms with Gasteiger partial charge in [0.25, 0.3) is 0 Å².